The van der Waals surface area contributed by atoms with Crippen molar-refractivity contribution in [3.05, 3.63) is 33.9 Å². The molecule has 0 saturated heterocycles. The van der Waals surface area contributed by atoms with Gasteiger partial charge in [0, 0.05) is 5.92 Å². The number of hydrogen-bond donors (Lipinski definition) is 1. The van der Waals surface area contributed by atoms with E-state index in [9.17, 15) is 9.90 Å². The quantitative estimate of drug-likeness (QED) is 0.623. The first-order chi connectivity index (χ1) is 9.85. The van der Waals surface area contributed by atoms with Gasteiger partial charge in [0.05, 0.1) is 6.61 Å². The van der Waals surface area contributed by atoms with Crippen LogP contribution >= 0.6 is 0 Å². The third kappa shape index (κ3) is 2.42. The lowest BCUT2D eigenvalue weighted by molar-refractivity contribution is -0.105. The van der Waals surface area contributed by atoms with Gasteiger partial charge in [-0.1, -0.05) is 11.6 Å². The van der Waals surface area contributed by atoms with Crippen molar-refractivity contribution < 1.29 is 9.90 Å². The summed E-state index contributed by atoms with van der Waals surface area (Å²) in [4.78, 5) is 11.3. The van der Waals surface area contributed by atoms with Crippen LogP contribution in [0.25, 0.3) is 0 Å². The fraction of sp³-hybridized carbons (Fsp3) is 0.611. The Morgan fingerprint density at radius 3 is 2.75 bits per heavy atom. The number of hydrogen-bond acceptors (Lipinski definition) is 2. The van der Waals surface area contributed by atoms with Gasteiger partial charge >= 0.3 is 0 Å². The summed E-state index contributed by atoms with van der Waals surface area (Å²) >= 11 is 0. The molecule has 3 aliphatic carbocycles. The Bertz CT molecular complexity index is 494. The molecule has 0 saturated carbocycles. The van der Waals surface area contributed by atoms with Gasteiger partial charge in [0.2, 0.25) is 0 Å². The Labute approximate surface area is 121 Å². The second-order valence-corrected chi connectivity index (χ2v) is 6.27. The monoisotopic (exact) mass is 272 g/mol. The third-order valence-corrected chi connectivity index (χ3v) is 5.14. The van der Waals surface area contributed by atoms with E-state index in [-0.39, 0.29) is 6.61 Å². The van der Waals surface area contributed by atoms with Crippen molar-refractivity contribution in [2.75, 3.05) is 6.61 Å². The molecule has 0 aromatic heterocycles. The SMILES string of the molecule is O=CC1=C(C2=C(CO)CCCC2C2=CCCC2)CCC1. The second kappa shape index (κ2) is 6.09. The highest BCUT2D eigenvalue weighted by molar-refractivity contribution is 5.78. The lowest BCUT2D eigenvalue weighted by atomic mass is 9.74. The average Bonchev–Trinajstić information content (AvgIpc) is 3.17. The summed E-state index contributed by atoms with van der Waals surface area (Å²) in [5.41, 5.74) is 6.39. The van der Waals surface area contributed by atoms with Crippen LogP contribution in [0.1, 0.15) is 57.8 Å². The summed E-state index contributed by atoms with van der Waals surface area (Å²) in [7, 11) is 0. The predicted molar refractivity (Wildman–Crippen MR) is 80.3 cm³/mol. The molecule has 0 aromatic rings. The molecule has 1 atom stereocenters. The Morgan fingerprint density at radius 1 is 1.15 bits per heavy atom. The van der Waals surface area contributed by atoms with Gasteiger partial charge in [-0.2, -0.15) is 0 Å². The van der Waals surface area contributed by atoms with Crippen molar-refractivity contribution in [1.29, 1.82) is 0 Å². The van der Waals surface area contributed by atoms with Crippen molar-refractivity contribution in [2.45, 2.75) is 57.8 Å². The fourth-order valence-corrected chi connectivity index (χ4v) is 4.22. The van der Waals surface area contributed by atoms with Gasteiger partial charge in [0.25, 0.3) is 0 Å². The zero-order chi connectivity index (χ0) is 13.9. The third-order valence-electron chi connectivity index (χ3n) is 5.14. The van der Waals surface area contributed by atoms with E-state index < -0.39 is 0 Å². The van der Waals surface area contributed by atoms with Gasteiger partial charge in [-0.25, -0.2) is 0 Å². The van der Waals surface area contributed by atoms with Gasteiger partial charge in [0.15, 0.2) is 0 Å². The fourth-order valence-electron chi connectivity index (χ4n) is 4.22. The molecule has 0 aliphatic heterocycles. The maximum Gasteiger partial charge on any atom is 0.146 e. The first kappa shape index (κ1) is 13.8. The van der Waals surface area contributed by atoms with Gasteiger partial charge in [-0.3, -0.25) is 4.79 Å². The molecular formula is C18H24O2. The van der Waals surface area contributed by atoms with Crippen LogP contribution in [0.5, 0.6) is 0 Å². The molecule has 0 spiro atoms. The van der Waals surface area contributed by atoms with Crippen LogP contribution in [0.15, 0.2) is 33.9 Å². The Hall–Kier alpha value is -1.15. The van der Waals surface area contributed by atoms with E-state index in [4.69, 9.17) is 0 Å². The molecule has 2 heteroatoms. The number of rotatable bonds is 4. The van der Waals surface area contributed by atoms with Crippen LogP contribution in [0.2, 0.25) is 0 Å². The molecule has 3 aliphatic rings. The molecule has 2 nitrogen and oxygen atoms in total. The molecular weight excluding hydrogens is 248 g/mol. The summed E-state index contributed by atoms with van der Waals surface area (Å²) in [5.74, 6) is 0.483. The van der Waals surface area contributed by atoms with E-state index >= 15 is 0 Å². The van der Waals surface area contributed by atoms with Crippen molar-refractivity contribution in [3.8, 4) is 0 Å². The van der Waals surface area contributed by atoms with E-state index in [0.717, 1.165) is 37.5 Å². The normalized spacial score (nSPS) is 27.2. The van der Waals surface area contributed by atoms with E-state index in [1.807, 2.05) is 0 Å². The van der Waals surface area contributed by atoms with Crippen molar-refractivity contribution in [3.63, 3.8) is 0 Å². The van der Waals surface area contributed by atoms with Crippen LogP contribution < -0.4 is 0 Å². The summed E-state index contributed by atoms with van der Waals surface area (Å²) in [5, 5.41) is 9.75. The molecule has 0 fully saturated rings. The highest BCUT2D eigenvalue weighted by atomic mass is 16.3. The number of allylic oxidation sites excluding steroid dienone is 5. The molecule has 1 unspecified atom stereocenters. The van der Waals surface area contributed by atoms with E-state index in [0.29, 0.717) is 5.92 Å². The Balaban J connectivity index is 2.04. The van der Waals surface area contributed by atoms with Crippen molar-refractivity contribution >= 4 is 6.29 Å². The lowest BCUT2D eigenvalue weighted by Crippen LogP contribution is -2.18. The van der Waals surface area contributed by atoms with Gasteiger partial charge in [-0.15, -0.1) is 0 Å². The molecule has 0 heterocycles. The molecule has 0 aromatic carbocycles. The Morgan fingerprint density at radius 2 is 2.05 bits per heavy atom. The molecule has 0 amide bonds. The maximum atomic E-state index is 11.3. The molecule has 0 bridgehead atoms. The molecule has 1 N–H and O–H groups in total. The topological polar surface area (TPSA) is 37.3 Å². The first-order valence-corrected chi connectivity index (χ1v) is 8.04. The van der Waals surface area contributed by atoms with Crippen LogP contribution in [-0.4, -0.2) is 18.0 Å². The maximum absolute atomic E-state index is 11.3. The second-order valence-electron chi connectivity index (χ2n) is 6.27. The summed E-state index contributed by atoms with van der Waals surface area (Å²) in [6.07, 6.45) is 13.6. The van der Waals surface area contributed by atoms with Crippen LogP contribution in [0.3, 0.4) is 0 Å². The van der Waals surface area contributed by atoms with E-state index in [1.165, 1.54) is 48.8 Å². The number of aliphatic hydroxyl groups is 1. The average molecular weight is 272 g/mol. The van der Waals surface area contributed by atoms with E-state index in [1.54, 1.807) is 5.57 Å². The summed E-state index contributed by atoms with van der Waals surface area (Å²) in [6.45, 7) is 0.161. The molecule has 108 valence electrons. The van der Waals surface area contributed by atoms with Gasteiger partial charge in [0.1, 0.15) is 6.29 Å². The van der Waals surface area contributed by atoms with Crippen molar-refractivity contribution in [1.82, 2.24) is 0 Å². The minimum atomic E-state index is 0.161. The Kier molecular flexibility index (Phi) is 4.21. The largest absolute Gasteiger partial charge is 0.392 e. The van der Waals surface area contributed by atoms with Crippen LogP contribution in [-0.2, 0) is 4.79 Å². The highest BCUT2D eigenvalue weighted by Gasteiger charge is 2.31. The van der Waals surface area contributed by atoms with Crippen LogP contribution in [0, 0.1) is 5.92 Å². The van der Waals surface area contributed by atoms with Crippen LogP contribution in [0.4, 0.5) is 0 Å². The summed E-state index contributed by atoms with van der Waals surface area (Å²) in [6, 6.07) is 0. The number of aliphatic hydroxyl groups excluding tert-OH is 1. The summed E-state index contributed by atoms with van der Waals surface area (Å²) < 4.78 is 0. The number of aldehydes is 1. The van der Waals surface area contributed by atoms with Gasteiger partial charge in [-0.05, 0) is 80.1 Å². The molecule has 0 radical (unpaired) electrons. The van der Waals surface area contributed by atoms with Gasteiger partial charge < -0.3 is 5.11 Å². The number of carbonyl (C=O) groups is 1. The standard InChI is InChI=1S/C18H24O2/c19-11-14-7-3-10-17(14)18-15(12-20)8-4-9-16(18)13-5-1-2-6-13/h5,11,16,20H,1-4,6-10,12H2. The molecule has 3 rings (SSSR count). The number of carbonyl (C=O) groups excluding carboxylic acids is 1. The predicted octanol–water partition coefficient (Wildman–Crippen LogP) is 3.87. The lowest BCUT2D eigenvalue weighted by Gasteiger charge is -2.31. The van der Waals surface area contributed by atoms with E-state index in [2.05, 4.69) is 6.08 Å². The molecule has 20 heavy (non-hydrogen) atoms. The minimum absolute atomic E-state index is 0.161. The highest BCUT2D eigenvalue weighted by Crippen LogP contribution is 2.45. The minimum Gasteiger partial charge on any atom is -0.392 e. The zero-order valence-corrected chi connectivity index (χ0v) is 12.2. The van der Waals surface area contributed by atoms with Crippen molar-refractivity contribution in [2.24, 2.45) is 5.92 Å². The zero-order valence-electron chi connectivity index (χ0n) is 12.2. The smallest absolute Gasteiger partial charge is 0.146 e. The first-order valence-electron chi connectivity index (χ1n) is 8.04.